The van der Waals surface area contributed by atoms with Gasteiger partial charge in [-0.15, -0.1) is 0 Å². The van der Waals surface area contributed by atoms with E-state index in [0.29, 0.717) is 12.6 Å². The Kier molecular flexibility index (Phi) is 5.45. The highest BCUT2D eigenvalue weighted by Gasteiger charge is 2.15. The lowest BCUT2D eigenvalue weighted by molar-refractivity contribution is -0.122. The molecule has 2 N–H and O–H groups in total. The fourth-order valence-electron chi connectivity index (χ4n) is 2.80. The van der Waals surface area contributed by atoms with E-state index in [-0.39, 0.29) is 5.91 Å². The Labute approximate surface area is 115 Å². The summed E-state index contributed by atoms with van der Waals surface area (Å²) in [5.41, 5.74) is 1.15. The Bertz CT molecular complexity index is 392. The highest BCUT2D eigenvalue weighted by Crippen LogP contribution is 2.17. The van der Waals surface area contributed by atoms with Gasteiger partial charge in [0.15, 0.2) is 0 Å². The Hall–Kier alpha value is -1.29. The first-order valence-corrected chi connectivity index (χ1v) is 7.37. The van der Waals surface area contributed by atoms with E-state index in [1.807, 2.05) is 23.9 Å². The van der Waals surface area contributed by atoms with Gasteiger partial charge in [0.2, 0.25) is 5.91 Å². The number of aromatic nitrogens is 1. The first kappa shape index (κ1) is 14.1. The minimum Gasteiger partial charge on any atom is -0.352 e. The Morgan fingerprint density at radius 3 is 2.74 bits per heavy atom. The van der Waals surface area contributed by atoms with Crippen LogP contribution in [0.3, 0.4) is 0 Å². The fraction of sp³-hybridized carbons (Fsp3) is 0.667. The number of carbonyl (C=O) groups is 1. The number of hydrogen-bond donors (Lipinski definition) is 2. The third-order valence-electron chi connectivity index (χ3n) is 3.82. The topological polar surface area (TPSA) is 46.1 Å². The number of carbonyl (C=O) groups excluding carboxylic acids is 1. The average molecular weight is 263 g/mol. The second kappa shape index (κ2) is 7.34. The standard InChI is InChI=1S/C15H25N3O/c1-16-11-14-9-6-10-18(14)12-15(19)17-13-7-4-2-3-5-8-13/h6,9-10,13,16H,2-5,7-8,11-12H2,1H3,(H,17,19). The molecule has 4 nitrogen and oxygen atoms in total. The van der Waals surface area contributed by atoms with Gasteiger partial charge in [-0.3, -0.25) is 4.79 Å². The first-order chi connectivity index (χ1) is 9.29. The maximum atomic E-state index is 12.1. The van der Waals surface area contributed by atoms with Crippen molar-refractivity contribution < 1.29 is 4.79 Å². The van der Waals surface area contributed by atoms with Crippen LogP contribution in [-0.4, -0.2) is 23.6 Å². The summed E-state index contributed by atoms with van der Waals surface area (Å²) in [7, 11) is 1.92. The zero-order chi connectivity index (χ0) is 13.5. The SMILES string of the molecule is CNCc1cccn1CC(=O)NC1CCCCCC1. The van der Waals surface area contributed by atoms with E-state index in [1.54, 1.807) is 0 Å². The number of nitrogens with zero attached hydrogens (tertiary/aromatic N) is 1. The van der Waals surface area contributed by atoms with Gasteiger partial charge in [-0.1, -0.05) is 25.7 Å². The van der Waals surface area contributed by atoms with E-state index in [1.165, 1.54) is 25.7 Å². The molecule has 2 rings (SSSR count). The van der Waals surface area contributed by atoms with Crippen molar-refractivity contribution in [2.75, 3.05) is 7.05 Å². The lowest BCUT2D eigenvalue weighted by atomic mass is 10.1. The van der Waals surface area contributed by atoms with Crippen LogP contribution in [0.15, 0.2) is 18.3 Å². The summed E-state index contributed by atoms with van der Waals surface area (Å²) >= 11 is 0. The summed E-state index contributed by atoms with van der Waals surface area (Å²) in [6.45, 7) is 1.23. The van der Waals surface area contributed by atoms with Crippen LogP contribution < -0.4 is 10.6 Å². The van der Waals surface area contributed by atoms with Gasteiger partial charge in [-0.2, -0.15) is 0 Å². The molecule has 19 heavy (non-hydrogen) atoms. The third-order valence-corrected chi connectivity index (χ3v) is 3.82. The van der Waals surface area contributed by atoms with Crippen LogP contribution in [0.5, 0.6) is 0 Å². The first-order valence-electron chi connectivity index (χ1n) is 7.37. The number of hydrogen-bond acceptors (Lipinski definition) is 2. The van der Waals surface area contributed by atoms with Crippen molar-refractivity contribution in [1.82, 2.24) is 15.2 Å². The second-order valence-electron chi connectivity index (χ2n) is 5.41. The molecule has 1 aromatic rings. The van der Waals surface area contributed by atoms with E-state index in [2.05, 4.69) is 16.7 Å². The van der Waals surface area contributed by atoms with Gasteiger partial charge >= 0.3 is 0 Å². The van der Waals surface area contributed by atoms with Crippen LogP contribution >= 0.6 is 0 Å². The van der Waals surface area contributed by atoms with Crippen molar-refractivity contribution in [2.45, 2.75) is 57.7 Å². The van der Waals surface area contributed by atoms with Gasteiger partial charge in [0.25, 0.3) is 0 Å². The van der Waals surface area contributed by atoms with Gasteiger partial charge in [0.1, 0.15) is 6.54 Å². The van der Waals surface area contributed by atoms with Crippen LogP contribution in [0, 0.1) is 0 Å². The quantitative estimate of drug-likeness (QED) is 0.799. The molecule has 0 atom stereocenters. The lowest BCUT2D eigenvalue weighted by Gasteiger charge is -2.17. The molecule has 0 aromatic carbocycles. The zero-order valence-corrected chi connectivity index (χ0v) is 11.8. The summed E-state index contributed by atoms with van der Waals surface area (Å²) in [6, 6.07) is 4.43. The molecule has 1 aliphatic carbocycles. The zero-order valence-electron chi connectivity index (χ0n) is 11.8. The maximum absolute atomic E-state index is 12.1. The van der Waals surface area contributed by atoms with Crippen molar-refractivity contribution in [1.29, 1.82) is 0 Å². The highest BCUT2D eigenvalue weighted by atomic mass is 16.2. The summed E-state index contributed by atoms with van der Waals surface area (Å²) in [5.74, 6) is 0.139. The summed E-state index contributed by atoms with van der Waals surface area (Å²) in [6.07, 6.45) is 9.38. The number of rotatable bonds is 5. The number of nitrogens with one attached hydrogen (secondary N) is 2. The molecule has 0 unspecified atom stereocenters. The molecular formula is C15H25N3O. The minimum atomic E-state index is 0.139. The van der Waals surface area contributed by atoms with Crippen LogP contribution in [0.25, 0.3) is 0 Å². The molecule has 0 radical (unpaired) electrons. The minimum absolute atomic E-state index is 0.139. The van der Waals surface area contributed by atoms with E-state index in [0.717, 1.165) is 25.1 Å². The molecule has 1 amide bonds. The van der Waals surface area contributed by atoms with Crippen LogP contribution in [-0.2, 0) is 17.9 Å². The van der Waals surface area contributed by atoms with Crippen LogP contribution in [0.1, 0.15) is 44.2 Å². The van der Waals surface area contributed by atoms with Crippen molar-refractivity contribution in [3.05, 3.63) is 24.0 Å². The molecule has 0 saturated heterocycles. The summed E-state index contributed by atoms with van der Waals surface area (Å²) in [4.78, 5) is 12.1. The molecule has 1 aliphatic rings. The van der Waals surface area contributed by atoms with Crippen molar-refractivity contribution in [2.24, 2.45) is 0 Å². The molecular weight excluding hydrogens is 238 g/mol. The maximum Gasteiger partial charge on any atom is 0.240 e. The van der Waals surface area contributed by atoms with E-state index < -0.39 is 0 Å². The van der Waals surface area contributed by atoms with Crippen LogP contribution in [0.4, 0.5) is 0 Å². The predicted molar refractivity (Wildman–Crippen MR) is 76.8 cm³/mol. The van der Waals surface area contributed by atoms with Crippen molar-refractivity contribution in [3.63, 3.8) is 0 Å². The van der Waals surface area contributed by atoms with E-state index >= 15 is 0 Å². The third kappa shape index (κ3) is 4.39. The smallest absolute Gasteiger partial charge is 0.240 e. The monoisotopic (exact) mass is 263 g/mol. The Morgan fingerprint density at radius 1 is 1.32 bits per heavy atom. The van der Waals surface area contributed by atoms with Crippen LogP contribution in [0.2, 0.25) is 0 Å². The Morgan fingerprint density at radius 2 is 2.05 bits per heavy atom. The van der Waals surface area contributed by atoms with Crippen molar-refractivity contribution in [3.8, 4) is 0 Å². The molecule has 1 aromatic heterocycles. The van der Waals surface area contributed by atoms with Gasteiger partial charge in [-0.25, -0.2) is 0 Å². The molecule has 1 heterocycles. The largest absolute Gasteiger partial charge is 0.352 e. The summed E-state index contributed by atoms with van der Waals surface area (Å²) < 4.78 is 2.02. The molecule has 1 fully saturated rings. The van der Waals surface area contributed by atoms with Gasteiger partial charge in [-0.05, 0) is 32.0 Å². The van der Waals surface area contributed by atoms with Gasteiger partial charge in [0.05, 0.1) is 0 Å². The molecule has 106 valence electrons. The highest BCUT2D eigenvalue weighted by molar-refractivity contribution is 5.76. The molecule has 4 heteroatoms. The molecule has 0 aliphatic heterocycles. The fourth-order valence-corrected chi connectivity index (χ4v) is 2.80. The normalized spacial score (nSPS) is 17.1. The van der Waals surface area contributed by atoms with Crippen molar-refractivity contribution >= 4 is 5.91 Å². The predicted octanol–water partition coefficient (Wildman–Crippen LogP) is 2.05. The van der Waals surface area contributed by atoms with E-state index in [9.17, 15) is 4.79 Å². The number of amides is 1. The summed E-state index contributed by atoms with van der Waals surface area (Å²) in [5, 5.41) is 6.31. The van der Waals surface area contributed by atoms with E-state index in [4.69, 9.17) is 0 Å². The average Bonchev–Trinajstić information content (AvgIpc) is 2.65. The van der Waals surface area contributed by atoms with Gasteiger partial charge in [0, 0.05) is 24.5 Å². The molecule has 0 spiro atoms. The molecule has 0 bridgehead atoms. The Balaban J connectivity index is 1.84. The van der Waals surface area contributed by atoms with Gasteiger partial charge < -0.3 is 15.2 Å². The lowest BCUT2D eigenvalue weighted by Crippen LogP contribution is -2.36. The second-order valence-corrected chi connectivity index (χ2v) is 5.41. The molecule has 1 saturated carbocycles.